The molecule has 1 fully saturated rings. The second-order valence-corrected chi connectivity index (χ2v) is 6.43. The molecule has 0 bridgehead atoms. The molecule has 1 saturated carbocycles. The number of carboxylic acids is 1. The van der Waals surface area contributed by atoms with Crippen molar-refractivity contribution in [2.75, 3.05) is 33.3 Å². The normalized spacial score (nSPS) is 18.9. The molecule has 8 heteroatoms. The summed E-state index contributed by atoms with van der Waals surface area (Å²) in [7, 11) is 1.65. The van der Waals surface area contributed by atoms with Gasteiger partial charge < -0.3 is 20.1 Å². The van der Waals surface area contributed by atoms with Crippen molar-refractivity contribution in [2.45, 2.75) is 31.8 Å². The number of urea groups is 1. The number of nitrogens with one attached hydrogen (secondary N) is 1. The van der Waals surface area contributed by atoms with Gasteiger partial charge >= 0.3 is 12.0 Å². The highest BCUT2D eigenvalue weighted by Crippen LogP contribution is 2.25. The van der Waals surface area contributed by atoms with Crippen molar-refractivity contribution in [1.82, 2.24) is 15.1 Å². The van der Waals surface area contributed by atoms with Crippen LogP contribution >= 0.6 is 0 Å². The number of aliphatic carboxylic acids is 1. The number of hydrogen-bond donors (Lipinski definition) is 2. The van der Waals surface area contributed by atoms with Crippen LogP contribution in [0.3, 0.4) is 0 Å². The number of para-hydroxylation sites is 1. The highest BCUT2D eigenvalue weighted by molar-refractivity contribution is 5.74. The Morgan fingerprint density at radius 1 is 1.35 bits per heavy atom. The van der Waals surface area contributed by atoms with Crippen molar-refractivity contribution in [3.63, 3.8) is 0 Å². The van der Waals surface area contributed by atoms with Gasteiger partial charge in [0.15, 0.2) is 11.6 Å². The summed E-state index contributed by atoms with van der Waals surface area (Å²) in [5.41, 5.74) is 0. The summed E-state index contributed by atoms with van der Waals surface area (Å²) in [5, 5.41) is 11.8. The molecule has 26 heavy (non-hydrogen) atoms. The number of halogens is 1. The lowest BCUT2D eigenvalue weighted by atomic mass is 9.85. The van der Waals surface area contributed by atoms with E-state index in [1.54, 1.807) is 25.2 Å². The minimum absolute atomic E-state index is 0.0229. The SMILES string of the molecule is CCN(CC(=O)O)C1CC(NC(=O)N(C)CCOc2ccccc2F)C1. The van der Waals surface area contributed by atoms with Crippen LogP contribution in [-0.2, 0) is 4.79 Å². The van der Waals surface area contributed by atoms with E-state index in [2.05, 4.69) is 5.32 Å². The summed E-state index contributed by atoms with van der Waals surface area (Å²) in [6, 6.07) is 6.16. The molecule has 2 amide bonds. The second kappa shape index (κ2) is 9.38. The smallest absolute Gasteiger partial charge is 0.317 e. The van der Waals surface area contributed by atoms with E-state index in [4.69, 9.17) is 9.84 Å². The van der Waals surface area contributed by atoms with Crippen LogP contribution in [0.25, 0.3) is 0 Å². The third-order valence-corrected chi connectivity index (χ3v) is 4.57. The van der Waals surface area contributed by atoms with Crippen LogP contribution in [0, 0.1) is 5.82 Å². The van der Waals surface area contributed by atoms with Crippen LogP contribution in [0.4, 0.5) is 9.18 Å². The molecule has 0 unspecified atom stereocenters. The third kappa shape index (κ3) is 5.59. The predicted molar refractivity (Wildman–Crippen MR) is 94.7 cm³/mol. The molecule has 1 aliphatic carbocycles. The number of amides is 2. The van der Waals surface area contributed by atoms with E-state index in [9.17, 15) is 14.0 Å². The molecule has 0 saturated heterocycles. The highest BCUT2D eigenvalue weighted by Gasteiger charge is 2.35. The van der Waals surface area contributed by atoms with Crippen molar-refractivity contribution >= 4 is 12.0 Å². The molecule has 2 rings (SSSR count). The molecule has 144 valence electrons. The van der Waals surface area contributed by atoms with Crippen molar-refractivity contribution in [2.24, 2.45) is 0 Å². The van der Waals surface area contributed by atoms with Gasteiger partial charge in [0, 0.05) is 19.1 Å². The monoisotopic (exact) mass is 367 g/mol. The van der Waals surface area contributed by atoms with Crippen molar-refractivity contribution in [3.05, 3.63) is 30.1 Å². The fourth-order valence-electron chi connectivity index (χ4n) is 2.92. The molecule has 2 N–H and O–H groups in total. The van der Waals surface area contributed by atoms with Gasteiger partial charge in [-0.2, -0.15) is 0 Å². The first-order valence-electron chi connectivity index (χ1n) is 8.75. The van der Waals surface area contributed by atoms with Gasteiger partial charge in [-0.05, 0) is 31.5 Å². The third-order valence-electron chi connectivity index (χ3n) is 4.57. The summed E-state index contributed by atoms with van der Waals surface area (Å²) >= 11 is 0. The van der Waals surface area contributed by atoms with Gasteiger partial charge in [0.1, 0.15) is 6.61 Å². The molecule has 1 aliphatic rings. The van der Waals surface area contributed by atoms with Crippen molar-refractivity contribution in [1.29, 1.82) is 0 Å². The van der Waals surface area contributed by atoms with Gasteiger partial charge in [-0.25, -0.2) is 9.18 Å². The van der Waals surface area contributed by atoms with E-state index >= 15 is 0 Å². The summed E-state index contributed by atoms with van der Waals surface area (Å²) < 4.78 is 18.8. The largest absolute Gasteiger partial charge is 0.489 e. The summed E-state index contributed by atoms with van der Waals surface area (Å²) in [5.74, 6) is -1.10. The minimum atomic E-state index is -0.839. The van der Waals surface area contributed by atoms with Gasteiger partial charge in [-0.1, -0.05) is 19.1 Å². The maximum atomic E-state index is 13.4. The Labute approximate surface area is 152 Å². The van der Waals surface area contributed by atoms with Gasteiger partial charge in [0.05, 0.1) is 13.1 Å². The van der Waals surface area contributed by atoms with E-state index in [1.165, 1.54) is 11.0 Å². The average Bonchev–Trinajstić information content (AvgIpc) is 2.57. The predicted octanol–water partition coefficient (Wildman–Crippen LogP) is 1.78. The molecule has 7 nitrogen and oxygen atoms in total. The lowest BCUT2D eigenvalue weighted by Gasteiger charge is -2.42. The number of carbonyl (C=O) groups is 2. The Hall–Kier alpha value is -2.35. The van der Waals surface area contributed by atoms with Gasteiger partial charge in [0.25, 0.3) is 0 Å². The van der Waals surface area contributed by atoms with Crippen LogP contribution in [-0.4, -0.2) is 72.3 Å². The van der Waals surface area contributed by atoms with E-state index in [0.29, 0.717) is 13.1 Å². The van der Waals surface area contributed by atoms with Gasteiger partial charge in [-0.15, -0.1) is 0 Å². The molecule has 0 aliphatic heterocycles. The molecule has 0 aromatic heterocycles. The van der Waals surface area contributed by atoms with Crippen molar-refractivity contribution < 1.29 is 23.8 Å². The Morgan fingerprint density at radius 3 is 2.65 bits per heavy atom. The summed E-state index contributed by atoms with van der Waals surface area (Å²) in [4.78, 5) is 26.4. The maximum absolute atomic E-state index is 13.4. The highest BCUT2D eigenvalue weighted by atomic mass is 19.1. The number of carboxylic acid groups (broad SMARTS) is 1. The molecule has 0 radical (unpaired) electrons. The topological polar surface area (TPSA) is 82.1 Å². The number of nitrogens with zero attached hydrogens (tertiary/aromatic N) is 2. The van der Waals surface area contributed by atoms with E-state index in [-0.39, 0.29) is 37.0 Å². The summed E-state index contributed by atoms with van der Waals surface area (Å²) in [6.45, 7) is 3.15. The summed E-state index contributed by atoms with van der Waals surface area (Å²) in [6.07, 6.45) is 1.48. The van der Waals surface area contributed by atoms with E-state index in [1.807, 2.05) is 11.8 Å². The minimum Gasteiger partial charge on any atom is -0.489 e. The Balaban J connectivity index is 1.67. The lowest BCUT2D eigenvalue weighted by molar-refractivity contribution is -0.139. The molecule has 0 heterocycles. The first-order chi connectivity index (χ1) is 12.4. The number of rotatable bonds is 9. The number of benzene rings is 1. The van der Waals surface area contributed by atoms with Crippen LogP contribution in [0.15, 0.2) is 24.3 Å². The van der Waals surface area contributed by atoms with Crippen LogP contribution in [0.1, 0.15) is 19.8 Å². The first-order valence-corrected chi connectivity index (χ1v) is 8.75. The zero-order valence-electron chi connectivity index (χ0n) is 15.2. The number of carbonyl (C=O) groups excluding carboxylic acids is 1. The maximum Gasteiger partial charge on any atom is 0.317 e. The number of likely N-dealkylation sites (N-methyl/N-ethyl adjacent to an activating group) is 2. The van der Waals surface area contributed by atoms with Crippen molar-refractivity contribution in [3.8, 4) is 5.75 Å². The Kier molecular flexibility index (Phi) is 7.20. The number of hydrogen-bond acceptors (Lipinski definition) is 4. The molecule has 0 atom stereocenters. The Bertz CT molecular complexity index is 622. The van der Waals surface area contributed by atoms with Crippen LogP contribution < -0.4 is 10.1 Å². The quantitative estimate of drug-likeness (QED) is 0.695. The fourth-order valence-corrected chi connectivity index (χ4v) is 2.92. The molecule has 1 aromatic rings. The zero-order valence-corrected chi connectivity index (χ0v) is 15.2. The van der Waals surface area contributed by atoms with Gasteiger partial charge in [0.2, 0.25) is 0 Å². The van der Waals surface area contributed by atoms with E-state index < -0.39 is 11.8 Å². The number of ether oxygens (including phenoxy) is 1. The van der Waals surface area contributed by atoms with Crippen LogP contribution in [0.5, 0.6) is 5.75 Å². The lowest BCUT2D eigenvalue weighted by Crippen LogP contribution is -2.56. The van der Waals surface area contributed by atoms with E-state index in [0.717, 1.165) is 12.8 Å². The first kappa shape index (κ1) is 20.0. The zero-order chi connectivity index (χ0) is 19.1. The molecular weight excluding hydrogens is 341 g/mol. The molecule has 0 spiro atoms. The fraction of sp³-hybridized carbons (Fsp3) is 0.556. The standard InChI is InChI=1S/C18H26FN3O4/c1-3-22(12-17(23)24)14-10-13(11-14)20-18(25)21(2)8-9-26-16-7-5-4-6-15(16)19/h4-7,13-14H,3,8-12H2,1-2H3,(H,20,25)(H,23,24). The molecular formula is C18H26FN3O4. The Morgan fingerprint density at radius 2 is 2.04 bits per heavy atom. The van der Waals surface area contributed by atoms with Gasteiger partial charge in [-0.3, -0.25) is 9.69 Å². The van der Waals surface area contributed by atoms with Crippen LogP contribution in [0.2, 0.25) is 0 Å². The average molecular weight is 367 g/mol. The molecule has 1 aromatic carbocycles. The second-order valence-electron chi connectivity index (χ2n) is 6.43.